The maximum atomic E-state index is 13.9. The minimum absolute atomic E-state index is 0.0567. The number of hydrogen-bond acceptors (Lipinski definition) is 6. The maximum Gasteiger partial charge on any atom is 0.287 e. The van der Waals surface area contributed by atoms with Gasteiger partial charge in [0.1, 0.15) is 17.4 Å². The van der Waals surface area contributed by atoms with Crippen molar-refractivity contribution >= 4 is 46.0 Å². The Morgan fingerprint density at radius 3 is 2.42 bits per heavy atom. The Labute approximate surface area is 264 Å². The van der Waals surface area contributed by atoms with Gasteiger partial charge in [0.25, 0.3) is 5.91 Å². The molecule has 0 spiro atoms. The summed E-state index contributed by atoms with van der Waals surface area (Å²) < 4.78 is 19.4. The number of halogens is 2. The van der Waals surface area contributed by atoms with E-state index in [1.54, 1.807) is 29.2 Å². The van der Waals surface area contributed by atoms with Crippen LogP contribution in [0.3, 0.4) is 0 Å². The van der Waals surface area contributed by atoms with Crippen molar-refractivity contribution < 1.29 is 23.2 Å². The number of carbonyl (C=O) groups is 3. The molecular formula is C34H32ClFN4O5. The average Bonchev–Trinajstić information content (AvgIpc) is 3.45. The van der Waals surface area contributed by atoms with E-state index in [0.717, 1.165) is 48.0 Å². The van der Waals surface area contributed by atoms with Crippen LogP contribution in [0.5, 0.6) is 0 Å². The van der Waals surface area contributed by atoms with Crippen LogP contribution in [0, 0.1) is 5.82 Å². The van der Waals surface area contributed by atoms with Crippen LogP contribution in [0.1, 0.15) is 34.5 Å². The Morgan fingerprint density at radius 1 is 0.933 bits per heavy atom. The van der Waals surface area contributed by atoms with Gasteiger partial charge in [-0.15, -0.1) is 0 Å². The van der Waals surface area contributed by atoms with E-state index in [1.807, 2.05) is 29.2 Å². The topological polar surface area (TPSA) is 103 Å². The van der Waals surface area contributed by atoms with E-state index in [2.05, 4.69) is 10.2 Å². The highest BCUT2D eigenvalue weighted by Crippen LogP contribution is 2.26. The van der Waals surface area contributed by atoms with E-state index in [-0.39, 0.29) is 35.0 Å². The lowest BCUT2D eigenvalue weighted by Crippen LogP contribution is -2.55. The van der Waals surface area contributed by atoms with Gasteiger partial charge < -0.3 is 24.4 Å². The highest BCUT2D eigenvalue weighted by Gasteiger charge is 2.31. The summed E-state index contributed by atoms with van der Waals surface area (Å²) in [5, 5.41) is 3.45. The third-order valence-electron chi connectivity index (χ3n) is 8.33. The van der Waals surface area contributed by atoms with Crippen molar-refractivity contribution in [3.8, 4) is 0 Å². The lowest BCUT2D eigenvalue weighted by molar-refractivity contribution is -0.133. The van der Waals surface area contributed by atoms with Gasteiger partial charge in [-0.05, 0) is 47.9 Å². The van der Waals surface area contributed by atoms with Gasteiger partial charge >= 0.3 is 0 Å². The summed E-state index contributed by atoms with van der Waals surface area (Å²) in [7, 11) is 0. The van der Waals surface area contributed by atoms with Crippen LogP contribution < -0.4 is 15.6 Å². The molecule has 1 N–H and O–H groups in total. The van der Waals surface area contributed by atoms with Crippen molar-refractivity contribution in [2.45, 2.75) is 31.8 Å². The zero-order valence-electron chi connectivity index (χ0n) is 24.5. The number of amides is 3. The summed E-state index contributed by atoms with van der Waals surface area (Å²) >= 11 is 6.06. The van der Waals surface area contributed by atoms with Gasteiger partial charge in [0, 0.05) is 75.0 Å². The van der Waals surface area contributed by atoms with Gasteiger partial charge in [0.15, 0.2) is 11.2 Å². The number of nitrogens with zero attached hydrogens (tertiary/aromatic N) is 3. The summed E-state index contributed by atoms with van der Waals surface area (Å²) in [6.07, 6.45) is 1.64. The molecule has 2 aliphatic rings. The molecule has 3 aromatic carbocycles. The fourth-order valence-corrected chi connectivity index (χ4v) is 6.07. The molecule has 45 heavy (non-hydrogen) atoms. The molecule has 0 saturated carbocycles. The first-order valence-electron chi connectivity index (χ1n) is 14.9. The van der Waals surface area contributed by atoms with Gasteiger partial charge in [0.05, 0.1) is 5.39 Å². The first-order valence-corrected chi connectivity index (χ1v) is 15.3. The van der Waals surface area contributed by atoms with Gasteiger partial charge in [-0.25, -0.2) is 4.39 Å². The second kappa shape index (κ2) is 13.1. The van der Waals surface area contributed by atoms with E-state index in [9.17, 15) is 23.6 Å². The molecule has 2 aliphatic heterocycles. The molecule has 0 bridgehead atoms. The van der Waals surface area contributed by atoms with Crippen LogP contribution in [-0.2, 0) is 22.6 Å². The molecule has 3 amide bonds. The fraction of sp³-hybridized carbons (Fsp3) is 0.294. The molecule has 2 fully saturated rings. The lowest BCUT2D eigenvalue weighted by atomic mass is 10.0. The number of rotatable bonds is 8. The van der Waals surface area contributed by atoms with Gasteiger partial charge in [-0.3, -0.25) is 19.2 Å². The van der Waals surface area contributed by atoms with E-state index in [1.165, 1.54) is 6.07 Å². The first-order chi connectivity index (χ1) is 21.7. The zero-order valence-corrected chi connectivity index (χ0v) is 25.3. The summed E-state index contributed by atoms with van der Waals surface area (Å²) in [5.74, 6) is -1.78. The van der Waals surface area contributed by atoms with Crippen molar-refractivity contribution in [3.63, 3.8) is 0 Å². The number of piperazine rings is 1. The van der Waals surface area contributed by atoms with Crippen molar-refractivity contribution in [1.82, 2.24) is 15.1 Å². The summed E-state index contributed by atoms with van der Waals surface area (Å²) in [4.78, 5) is 57.9. The molecule has 4 aromatic rings. The molecule has 232 valence electrons. The van der Waals surface area contributed by atoms with E-state index in [0.29, 0.717) is 44.2 Å². The number of hydrogen-bond donors (Lipinski definition) is 1. The Hall–Kier alpha value is -4.70. The molecule has 0 unspecified atom stereocenters. The Bertz CT molecular complexity index is 1800. The van der Waals surface area contributed by atoms with Crippen LogP contribution >= 0.6 is 11.6 Å². The minimum atomic E-state index is -0.966. The Balaban J connectivity index is 1.18. The molecule has 0 radical (unpaired) electrons. The SMILES string of the molecule is O=C(N[C@@H](Cc1ccc(Cl)cc1)C(=O)N1CCN(c2ccccc2CN2CCCC2=O)CC1)c1cc(=O)c2ccc(F)cc2o1. The van der Waals surface area contributed by atoms with Gasteiger partial charge in [0.2, 0.25) is 11.8 Å². The Kier molecular flexibility index (Phi) is 8.84. The number of nitrogens with one attached hydrogen (secondary N) is 1. The molecule has 0 aliphatic carbocycles. The molecule has 1 atom stereocenters. The predicted octanol–water partition coefficient (Wildman–Crippen LogP) is 4.40. The van der Waals surface area contributed by atoms with Crippen molar-refractivity contribution in [2.75, 3.05) is 37.6 Å². The van der Waals surface area contributed by atoms with Crippen LogP contribution in [0.15, 0.2) is 82.0 Å². The minimum Gasteiger partial charge on any atom is -0.451 e. The normalized spacial score (nSPS) is 15.9. The highest BCUT2D eigenvalue weighted by atomic mass is 35.5. The zero-order chi connectivity index (χ0) is 31.5. The van der Waals surface area contributed by atoms with E-state index < -0.39 is 23.2 Å². The van der Waals surface area contributed by atoms with Crippen LogP contribution in [0.4, 0.5) is 10.1 Å². The van der Waals surface area contributed by atoms with Crippen molar-refractivity contribution in [1.29, 1.82) is 0 Å². The van der Waals surface area contributed by atoms with Crippen molar-refractivity contribution in [2.24, 2.45) is 0 Å². The van der Waals surface area contributed by atoms with Crippen LogP contribution in [0.25, 0.3) is 11.0 Å². The standard InChI is InChI=1S/C34H32ClFN4O5/c35-24-9-7-22(8-10-24)18-27(37-33(43)31-20-29(41)26-12-11-25(36)19-30(26)45-31)34(44)39-16-14-38(15-17-39)28-5-2-1-4-23(28)21-40-13-3-6-32(40)42/h1-2,4-5,7-12,19-20,27H,3,6,13-18,21H2,(H,37,43)/t27-/m0/s1. The smallest absolute Gasteiger partial charge is 0.287 e. The highest BCUT2D eigenvalue weighted by molar-refractivity contribution is 6.30. The first kappa shape index (κ1) is 30.3. The van der Waals surface area contributed by atoms with Gasteiger partial charge in [-0.2, -0.15) is 0 Å². The molecule has 9 nitrogen and oxygen atoms in total. The van der Waals surface area contributed by atoms with Crippen LogP contribution in [0.2, 0.25) is 5.02 Å². The fourth-order valence-electron chi connectivity index (χ4n) is 5.94. The summed E-state index contributed by atoms with van der Waals surface area (Å²) in [6, 6.07) is 18.6. The van der Waals surface area contributed by atoms with E-state index >= 15 is 0 Å². The number of para-hydroxylation sites is 1. The number of likely N-dealkylation sites (tertiary alicyclic amines) is 1. The number of fused-ring (bicyclic) bond motifs is 1. The van der Waals surface area contributed by atoms with Crippen LogP contribution in [-0.4, -0.2) is 66.3 Å². The largest absolute Gasteiger partial charge is 0.451 e. The number of anilines is 1. The molecule has 6 rings (SSSR count). The Morgan fingerprint density at radius 2 is 1.69 bits per heavy atom. The van der Waals surface area contributed by atoms with Gasteiger partial charge in [-0.1, -0.05) is 41.9 Å². The third kappa shape index (κ3) is 6.86. The molecular weight excluding hydrogens is 599 g/mol. The summed E-state index contributed by atoms with van der Waals surface area (Å²) in [6.45, 7) is 3.31. The number of carbonyl (C=O) groups excluding carboxylic acids is 3. The van der Waals surface area contributed by atoms with Crippen molar-refractivity contribution in [3.05, 3.63) is 111 Å². The average molecular weight is 631 g/mol. The maximum absolute atomic E-state index is 13.9. The quantitative estimate of drug-likeness (QED) is 0.310. The second-order valence-electron chi connectivity index (χ2n) is 11.3. The number of benzene rings is 3. The molecule has 11 heteroatoms. The lowest BCUT2D eigenvalue weighted by Gasteiger charge is -2.38. The third-order valence-corrected chi connectivity index (χ3v) is 8.58. The predicted molar refractivity (Wildman–Crippen MR) is 169 cm³/mol. The monoisotopic (exact) mass is 630 g/mol. The molecule has 1 aromatic heterocycles. The molecule has 2 saturated heterocycles. The summed E-state index contributed by atoms with van der Waals surface area (Å²) in [5.41, 5.74) is 2.34. The second-order valence-corrected chi connectivity index (χ2v) is 11.8. The van der Waals surface area contributed by atoms with E-state index in [4.69, 9.17) is 16.0 Å². The molecule has 3 heterocycles.